The van der Waals surface area contributed by atoms with Gasteiger partial charge in [-0.05, 0) is 63.3 Å². The first-order valence-corrected chi connectivity index (χ1v) is 6.78. The number of nitrogens with one attached hydrogen (secondary N) is 2. The van der Waals surface area contributed by atoms with E-state index in [2.05, 4.69) is 17.6 Å². The van der Waals surface area contributed by atoms with Gasteiger partial charge in [-0.2, -0.15) is 0 Å². The molecule has 0 saturated heterocycles. The van der Waals surface area contributed by atoms with E-state index in [-0.39, 0.29) is 0 Å². The molecule has 0 heterocycles. The van der Waals surface area contributed by atoms with E-state index in [1.807, 2.05) is 0 Å². The van der Waals surface area contributed by atoms with E-state index in [9.17, 15) is 0 Å². The van der Waals surface area contributed by atoms with Crippen LogP contribution in [0.3, 0.4) is 0 Å². The normalized spacial score (nSPS) is 40.2. The first-order chi connectivity index (χ1) is 7.31. The van der Waals surface area contributed by atoms with Crippen LogP contribution in [0.5, 0.6) is 0 Å². The second-order valence-electron chi connectivity index (χ2n) is 6.09. The van der Waals surface area contributed by atoms with Gasteiger partial charge in [0.25, 0.3) is 0 Å². The van der Waals surface area contributed by atoms with Crippen LogP contribution in [-0.2, 0) is 0 Å². The standard InChI is InChI=1S/C13H24N2/c1-9(7-15-13-2-3-13)14-8-10-4-11-6-12(11)5-10/h9-15H,2-8H2,1H3. The Hall–Kier alpha value is -0.0800. The van der Waals surface area contributed by atoms with Crippen molar-refractivity contribution in [3.8, 4) is 0 Å². The molecule has 0 spiro atoms. The van der Waals surface area contributed by atoms with Gasteiger partial charge in [0.15, 0.2) is 0 Å². The van der Waals surface area contributed by atoms with Gasteiger partial charge in [-0.1, -0.05) is 0 Å². The van der Waals surface area contributed by atoms with Crippen LogP contribution < -0.4 is 10.6 Å². The average molecular weight is 208 g/mol. The highest BCUT2D eigenvalue weighted by Gasteiger charge is 2.45. The van der Waals surface area contributed by atoms with E-state index in [1.54, 1.807) is 6.42 Å². The van der Waals surface area contributed by atoms with Crippen molar-refractivity contribution in [3.05, 3.63) is 0 Å². The Morgan fingerprint density at radius 2 is 1.87 bits per heavy atom. The topological polar surface area (TPSA) is 24.1 Å². The molecular weight excluding hydrogens is 184 g/mol. The summed E-state index contributed by atoms with van der Waals surface area (Å²) in [6.45, 7) is 4.73. The molecule has 0 aromatic rings. The Bertz CT molecular complexity index is 215. The predicted molar refractivity (Wildman–Crippen MR) is 62.8 cm³/mol. The molecule has 3 rings (SSSR count). The molecule has 86 valence electrons. The first kappa shape index (κ1) is 10.1. The second-order valence-corrected chi connectivity index (χ2v) is 6.09. The van der Waals surface area contributed by atoms with Crippen LogP contribution in [0.4, 0.5) is 0 Å². The van der Waals surface area contributed by atoms with E-state index in [0.717, 1.165) is 30.3 Å². The molecule has 15 heavy (non-hydrogen) atoms. The van der Waals surface area contributed by atoms with Crippen molar-refractivity contribution in [3.63, 3.8) is 0 Å². The molecule has 0 amide bonds. The molecule has 0 bridgehead atoms. The van der Waals surface area contributed by atoms with Gasteiger partial charge < -0.3 is 10.6 Å². The molecule has 2 N–H and O–H groups in total. The molecule has 3 fully saturated rings. The van der Waals surface area contributed by atoms with Gasteiger partial charge in [-0.3, -0.25) is 0 Å². The molecule has 0 aromatic carbocycles. The predicted octanol–water partition coefficient (Wildman–Crippen LogP) is 1.76. The monoisotopic (exact) mass is 208 g/mol. The van der Waals surface area contributed by atoms with Gasteiger partial charge in [0, 0.05) is 18.6 Å². The zero-order valence-electron chi connectivity index (χ0n) is 9.84. The largest absolute Gasteiger partial charge is 0.313 e. The highest BCUT2D eigenvalue weighted by atomic mass is 15.0. The lowest BCUT2D eigenvalue weighted by Crippen LogP contribution is -2.39. The summed E-state index contributed by atoms with van der Waals surface area (Å²) in [4.78, 5) is 0. The zero-order chi connectivity index (χ0) is 10.3. The minimum Gasteiger partial charge on any atom is -0.313 e. The molecule has 2 heteroatoms. The number of rotatable bonds is 6. The molecule has 2 nitrogen and oxygen atoms in total. The van der Waals surface area contributed by atoms with Crippen molar-refractivity contribution in [2.24, 2.45) is 17.8 Å². The lowest BCUT2D eigenvalue weighted by Gasteiger charge is -2.18. The molecule has 3 aliphatic carbocycles. The summed E-state index contributed by atoms with van der Waals surface area (Å²) in [5.74, 6) is 3.27. The van der Waals surface area contributed by atoms with Crippen LogP contribution in [0.1, 0.15) is 39.0 Å². The molecular formula is C13H24N2. The van der Waals surface area contributed by atoms with Crippen molar-refractivity contribution >= 4 is 0 Å². The third kappa shape index (κ3) is 2.73. The SMILES string of the molecule is CC(CNC1CC1)NCC1CC2CC2C1. The summed E-state index contributed by atoms with van der Waals surface area (Å²) in [6.07, 6.45) is 7.38. The summed E-state index contributed by atoms with van der Waals surface area (Å²) in [5, 5.41) is 7.27. The second kappa shape index (κ2) is 4.06. The van der Waals surface area contributed by atoms with Crippen molar-refractivity contribution < 1.29 is 0 Å². The van der Waals surface area contributed by atoms with Crippen LogP contribution in [0.15, 0.2) is 0 Å². The molecule has 3 aliphatic rings. The maximum Gasteiger partial charge on any atom is 0.0164 e. The fourth-order valence-corrected chi connectivity index (χ4v) is 3.08. The van der Waals surface area contributed by atoms with E-state index in [4.69, 9.17) is 0 Å². The summed E-state index contributed by atoms with van der Waals surface area (Å²) < 4.78 is 0. The fourth-order valence-electron chi connectivity index (χ4n) is 3.08. The lowest BCUT2D eigenvalue weighted by molar-refractivity contribution is 0.406. The van der Waals surface area contributed by atoms with Gasteiger partial charge in [0.2, 0.25) is 0 Å². The Labute approximate surface area is 93.2 Å². The van der Waals surface area contributed by atoms with E-state index < -0.39 is 0 Å². The molecule has 0 aliphatic heterocycles. The Kier molecular flexibility index (Phi) is 2.73. The molecule has 0 aromatic heterocycles. The van der Waals surface area contributed by atoms with Crippen LogP contribution in [0, 0.1) is 17.8 Å². The summed E-state index contributed by atoms with van der Waals surface area (Å²) in [7, 11) is 0. The first-order valence-electron chi connectivity index (χ1n) is 6.78. The third-order valence-corrected chi connectivity index (χ3v) is 4.39. The number of hydrogen-bond donors (Lipinski definition) is 2. The Morgan fingerprint density at radius 3 is 2.53 bits per heavy atom. The Balaban J connectivity index is 1.27. The van der Waals surface area contributed by atoms with Gasteiger partial charge in [0.1, 0.15) is 0 Å². The third-order valence-electron chi connectivity index (χ3n) is 4.39. The van der Waals surface area contributed by atoms with Crippen LogP contribution in [0.25, 0.3) is 0 Å². The zero-order valence-corrected chi connectivity index (χ0v) is 9.84. The molecule has 3 atom stereocenters. The van der Waals surface area contributed by atoms with E-state index in [1.165, 1.54) is 32.2 Å². The quantitative estimate of drug-likeness (QED) is 0.695. The highest BCUT2D eigenvalue weighted by molar-refractivity contribution is 4.96. The van der Waals surface area contributed by atoms with Gasteiger partial charge >= 0.3 is 0 Å². The van der Waals surface area contributed by atoms with E-state index in [0.29, 0.717) is 6.04 Å². The minimum atomic E-state index is 0.655. The minimum absolute atomic E-state index is 0.655. The molecule has 3 unspecified atom stereocenters. The van der Waals surface area contributed by atoms with Crippen LogP contribution in [-0.4, -0.2) is 25.2 Å². The van der Waals surface area contributed by atoms with E-state index >= 15 is 0 Å². The summed E-state index contributed by atoms with van der Waals surface area (Å²) >= 11 is 0. The fraction of sp³-hybridized carbons (Fsp3) is 1.00. The highest BCUT2D eigenvalue weighted by Crippen LogP contribution is 2.54. The van der Waals surface area contributed by atoms with Crippen molar-refractivity contribution in [2.75, 3.05) is 13.1 Å². The number of hydrogen-bond acceptors (Lipinski definition) is 2. The van der Waals surface area contributed by atoms with Crippen molar-refractivity contribution in [1.29, 1.82) is 0 Å². The summed E-state index contributed by atoms with van der Waals surface area (Å²) in [6, 6.07) is 1.51. The maximum absolute atomic E-state index is 3.69. The van der Waals surface area contributed by atoms with Gasteiger partial charge in [0.05, 0.1) is 0 Å². The smallest absolute Gasteiger partial charge is 0.0164 e. The van der Waals surface area contributed by atoms with Crippen molar-refractivity contribution in [1.82, 2.24) is 10.6 Å². The average Bonchev–Trinajstić information content (AvgIpc) is 3.14. The maximum atomic E-state index is 3.69. The molecule has 3 saturated carbocycles. The molecule has 0 radical (unpaired) electrons. The number of fused-ring (bicyclic) bond motifs is 1. The van der Waals surface area contributed by atoms with Crippen LogP contribution >= 0.6 is 0 Å². The van der Waals surface area contributed by atoms with Gasteiger partial charge in [-0.25, -0.2) is 0 Å². The summed E-state index contributed by atoms with van der Waals surface area (Å²) in [5.41, 5.74) is 0. The van der Waals surface area contributed by atoms with Crippen LogP contribution in [0.2, 0.25) is 0 Å². The Morgan fingerprint density at radius 1 is 1.13 bits per heavy atom. The lowest BCUT2D eigenvalue weighted by atomic mass is 10.0. The van der Waals surface area contributed by atoms with Crippen molar-refractivity contribution in [2.45, 2.75) is 51.1 Å². The van der Waals surface area contributed by atoms with Gasteiger partial charge in [-0.15, -0.1) is 0 Å².